The third-order valence-corrected chi connectivity index (χ3v) is 3.15. The Morgan fingerprint density at radius 3 is 2.39 bits per heavy atom. The van der Waals surface area contributed by atoms with Crippen molar-refractivity contribution in [3.63, 3.8) is 0 Å². The van der Waals surface area contributed by atoms with Crippen molar-refractivity contribution in [3.05, 3.63) is 0 Å². The van der Waals surface area contributed by atoms with Gasteiger partial charge in [-0.3, -0.25) is 0 Å². The fraction of sp³-hybridized carbons (Fsp3) is 1.00. The van der Waals surface area contributed by atoms with Crippen LogP contribution in [0.3, 0.4) is 0 Å². The molecule has 1 rings (SSSR count). The first-order valence-electron chi connectivity index (χ1n) is 6.54. The zero-order valence-electron chi connectivity index (χ0n) is 10.7. The largest absolute Gasteiger partial charge is 0.394 e. The predicted octanol–water partition coefficient (Wildman–Crippen LogP) is -0.617. The molecule has 0 saturated carbocycles. The highest BCUT2D eigenvalue weighted by Crippen LogP contribution is 2.22. The van der Waals surface area contributed by atoms with Crippen molar-refractivity contribution in [1.29, 1.82) is 0 Å². The lowest BCUT2D eigenvalue weighted by atomic mass is 9.99. The highest BCUT2D eigenvalue weighted by atomic mass is 16.6. The molecule has 1 heterocycles. The van der Waals surface area contributed by atoms with Crippen molar-refractivity contribution >= 4 is 0 Å². The topological polar surface area (TPSA) is 99.4 Å². The zero-order chi connectivity index (χ0) is 13.5. The van der Waals surface area contributed by atoms with Gasteiger partial charge in [0.25, 0.3) is 0 Å². The normalized spacial score (nSPS) is 36.8. The van der Waals surface area contributed by atoms with Gasteiger partial charge in [0, 0.05) is 6.61 Å². The molecule has 0 bridgehead atoms. The third kappa shape index (κ3) is 4.15. The average molecular weight is 264 g/mol. The van der Waals surface area contributed by atoms with Crippen LogP contribution in [0.4, 0.5) is 0 Å². The molecule has 1 fully saturated rings. The van der Waals surface area contributed by atoms with Crippen molar-refractivity contribution in [2.24, 2.45) is 0 Å². The Balaban J connectivity index is 2.39. The van der Waals surface area contributed by atoms with Crippen LogP contribution in [-0.2, 0) is 9.47 Å². The van der Waals surface area contributed by atoms with E-state index in [9.17, 15) is 15.3 Å². The molecule has 0 aromatic heterocycles. The Kier molecular flexibility index (Phi) is 7.06. The van der Waals surface area contributed by atoms with Gasteiger partial charge >= 0.3 is 0 Å². The zero-order valence-corrected chi connectivity index (χ0v) is 10.7. The summed E-state index contributed by atoms with van der Waals surface area (Å²) in [6.45, 7) is 2.17. The molecule has 4 N–H and O–H groups in total. The number of hydrogen-bond acceptors (Lipinski definition) is 6. The van der Waals surface area contributed by atoms with Crippen LogP contribution >= 0.6 is 0 Å². The van der Waals surface area contributed by atoms with E-state index in [-0.39, 0.29) is 6.61 Å². The third-order valence-electron chi connectivity index (χ3n) is 3.15. The molecule has 0 amide bonds. The fourth-order valence-electron chi connectivity index (χ4n) is 2.02. The van der Waals surface area contributed by atoms with Gasteiger partial charge in [-0.1, -0.05) is 26.2 Å². The van der Waals surface area contributed by atoms with Crippen LogP contribution < -0.4 is 0 Å². The van der Waals surface area contributed by atoms with Crippen molar-refractivity contribution in [2.75, 3.05) is 13.2 Å². The molecule has 6 nitrogen and oxygen atoms in total. The lowest BCUT2D eigenvalue weighted by Crippen LogP contribution is -2.59. The van der Waals surface area contributed by atoms with Gasteiger partial charge < -0.3 is 29.9 Å². The quantitative estimate of drug-likeness (QED) is 0.458. The lowest BCUT2D eigenvalue weighted by molar-refractivity contribution is -0.294. The van der Waals surface area contributed by atoms with Crippen molar-refractivity contribution < 1.29 is 29.9 Å². The van der Waals surface area contributed by atoms with Gasteiger partial charge in [0.15, 0.2) is 6.29 Å². The first-order chi connectivity index (χ1) is 8.61. The number of hydrogen-bond donors (Lipinski definition) is 4. The smallest absolute Gasteiger partial charge is 0.184 e. The van der Waals surface area contributed by atoms with Crippen LogP contribution in [-0.4, -0.2) is 64.3 Å². The molecule has 1 aliphatic heterocycles. The molecule has 0 aliphatic carbocycles. The maximum atomic E-state index is 9.79. The van der Waals surface area contributed by atoms with E-state index in [4.69, 9.17) is 14.6 Å². The Morgan fingerprint density at radius 1 is 1.06 bits per heavy atom. The predicted molar refractivity (Wildman–Crippen MR) is 63.9 cm³/mol. The number of aliphatic hydroxyl groups excluding tert-OH is 4. The van der Waals surface area contributed by atoms with Crippen LogP contribution in [0.5, 0.6) is 0 Å². The molecule has 1 saturated heterocycles. The Labute approximate surface area is 107 Å². The monoisotopic (exact) mass is 264 g/mol. The first kappa shape index (κ1) is 15.8. The second-order valence-electron chi connectivity index (χ2n) is 4.62. The Bertz CT molecular complexity index is 223. The van der Waals surface area contributed by atoms with Crippen LogP contribution in [0.1, 0.15) is 32.6 Å². The molecule has 108 valence electrons. The van der Waals surface area contributed by atoms with E-state index in [0.717, 1.165) is 25.7 Å². The number of unbranched alkanes of at least 4 members (excludes halogenated alkanes) is 3. The number of aliphatic hydroxyl groups is 4. The molecule has 1 aliphatic rings. The molecule has 5 atom stereocenters. The van der Waals surface area contributed by atoms with Crippen molar-refractivity contribution in [2.45, 2.75) is 63.3 Å². The molecule has 0 aromatic rings. The van der Waals surface area contributed by atoms with Gasteiger partial charge in [0.05, 0.1) is 6.61 Å². The lowest BCUT2D eigenvalue weighted by Gasteiger charge is -2.40. The maximum Gasteiger partial charge on any atom is 0.184 e. The minimum absolute atomic E-state index is 0.375. The van der Waals surface area contributed by atoms with E-state index in [1.807, 2.05) is 0 Å². The summed E-state index contributed by atoms with van der Waals surface area (Å²) in [5, 5.41) is 37.7. The van der Waals surface area contributed by atoms with Gasteiger partial charge in [0.2, 0.25) is 0 Å². The standard InChI is InChI=1S/C12H24O6/c1-2-3-4-5-6-17-11-8(7-13)18-12(16)10(15)9(11)14/h8-16H,2-7H2,1H3/t8-,9-,10-,11-,12+/m1/s1. The van der Waals surface area contributed by atoms with Crippen molar-refractivity contribution in [1.82, 2.24) is 0 Å². The van der Waals surface area contributed by atoms with Gasteiger partial charge in [-0.15, -0.1) is 0 Å². The molecule has 18 heavy (non-hydrogen) atoms. The molecule has 0 unspecified atom stereocenters. The minimum Gasteiger partial charge on any atom is -0.394 e. The second-order valence-corrected chi connectivity index (χ2v) is 4.62. The van der Waals surface area contributed by atoms with E-state index in [1.165, 1.54) is 0 Å². The van der Waals surface area contributed by atoms with E-state index < -0.39 is 30.7 Å². The van der Waals surface area contributed by atoms with Gasteiger partial charge in [-0.05, 0) is 6.42 Å². The van der Waals surface area contributed by atoms with Gasteiger partial charge in [-0.25, -0.2) is 0 Å². The highest BCUT2D eigenvalue weighted by molar-refractivity contribution is 4.89. The summed E-state index contributed by atoms with van der Waals surface area (Å²) in [5.74, 6) is 0. The summed E-state index contributed by atoms with van der Waals surface area (Å²) in [4.78, 5) is 0. The number of rotatable bonds is 7. The first-order valence-corrected chi connectivity index (χ1v) is 6.54. The molecule has 6 heteroatoms. The minimum atomic E-state index is -1.49. The number of ether oxygens (including phenoxy) is 2. The SMILES string of the molecule is CCCCCCO[C@H]1[C@H](O)[C@@H](O)[C@@H](O)O[C@@H]1CO. The summed E-state index contributed by atoms with van der Waals surface area (Å²) in [5.41, 5.74) is 0. The summed E-state index contributed by atoms with van der Waals surface area (Å²) in [6, 6.07) is 0. The van der Waals surface area contributed by atoms with E-state index >= 15 is 0 Å². The van der Waals surface area contributed by atoms with E-state index in [1.54, 1.807) is 0 Å². The molecule has 0 aromatic carbocycles. The van der Waals surface area contributed by atoms with Crippen molar-refractivity contribution in [3.8, 4) is 0 Å². The Hall–Kier alpha value is -0.240. The van der Waals surface area contributed by atoms with E-state index in [2.05, 4.69) is 6.92 Å². The van der Waals surface area contributed by atoms with Crippen LogP contribution in [0.25, 0.3) is 0 Å². The highest BCUT2D eigenvalue weighted by Gasteiger charge is 2.44. The molecular weight excluding hydrogens is 240 g/mol. The second kappa shape index (κ2) is 8.04. The van der Waals surface area contributed by atoms with Crippen LogP contribution in [0.2, 0.25) is 0 Å². The average Bonchev–Trinajstić information content (AvgIpc) is 2.37. The van der Waals surface area contributed by atoms with Gasteiger partial charge in [0.1, 0.15) is 24.4 Å². The molecule has 0 radical (unpaired) electrons. The summed E-state index contributed by atoms with van der Waals surface area (Å²) in [7, 11) is 0. The Morgan fingerprint density at radius 2 is 1.78 bits per heavy atom. The van der Waals surface area contributed by atoms with Gasteiger partial charge in [-0.2, -0.15) is 0 Å². The van der Waals surface area contributed by atoms with Crippen LogP contribution in [0.15, 0.2) is 0 Å². The summed E-state index contributed by atoms with van der Waals surface area (Å²) < 4.78 is 10.4. The van der Waals surface area contributed by atoms with E-state index in [0.29, 0.717) is 6.61 Å². The fourth-order valence-corrected chi connectivity index (χ4v) is 2.02. The summed E-state index contributed by atoms with van der Waals surface area (Å²) in [6.07, 6.45) is -1.64. The molecule has 0 spiro atoms. The molecular formula is C12H24O6. The summed E-state index contributed by atoms with van der Waals surface area (Å²) >= 11 is 0. The maximum absolute atomic E-state index is 9.79. The van der Waals surface area contributed by atoms with Crippen LogP contribution in [0, 0.1) is 0 Å².